The van der Waals surface area contributed by atoms with Gasteiger partial charge in [0, 0.05) is 41.2 Å². The SMILES string of the molecule is Clc1ccc2c(N3CCc4[nH]ncc4C3)ncnc2c1. The first-order valence-corrected chi connectivity index (χ1v) is 6.85. The Morgan fingerprint density at radius 1 is 1.25 bits per heavy atom. The second-order valence-corrected chi connectivity index (χ2v) is 5.34. The first-order chi connectivity index (χ1) is 9.81. The maximum Gasteiger partial charge on any atom is 0.140 e. The second-order valence-electron chi connectivity index (χ2n) is 4.90. The lowest BCUT2D eigenvalue weighted by Crippen LogP contribution is -2.30. The molecule has 0 aliphatic carbocycles. The van der Waals surface area contributed by atoms with Crippen molar-refractivity contribution in [2.45, 2.75) is 13.0 Å². The topological polar surface area (TPSA) is 57.7 Å². The number of H-pyrrole nitrogens is 1. The van der Waals surface area contributed by atoms with Gasteiger partial charge in [0.2, 0.25) is 0 Å². The zero-order chi connectivity index (χ0) is 13.5. The normalized spacial score (nSPS) is 14.6. The Bertz CT molecular complexity index is 782. The molecule has 0 unspecified atom stereocenters. The summed E-state index contributed by atoms with van der Waals surface area (Å²) in [6.07, 6.45) is 4.44. The number of aromatic amines is 1. The van der Waals surface area contributed by atoms with E-state index in [-0.39, 0.29) is 0 Å². The summed E-state index contributed by atoms with van der Waals surface area (Å²) in [5, 5.41) is 8.88. The van der Waals surface area contributed by atoms with Crippen LogP contribution in [0.5, 0.6) is 0 Å². The van der Waals surface area contributed by atoms with E-state index in [1.165, 1.54) is 11.3 Å². The standard InChI is InChI=1S/C14H12ClN5/c15-10-1-2-11-13(5-10)16-8-17-14(11)20-4-3-12-9(7-20)6-18-19-12/h1-2,5-6,8H,3-4,7H2,(H,18,19). The molecule has 0 saturated heterocycles. The lowest BCUT2D eigenvalue weighted by Gasteiger charge is -2.28. The molecular weight excluding hydrogens is 274 g/mol. The lowest BCUT2D eigenvalue weighted by atomic mass is 10.1. The van der Waals surface area contributed by atoms with Crippen molar-refractivity contribution in [2.75, 3.05) is 11.4 Å². The number of rotatable bonds is 1. The van der Waals surface area contributed by atoms with Crippen LogP contribution in [0.2, 0.25) is 5.02 Å². The van der Waals surface area contributed by atoms with Crippen molar-refractivity contribution in [1.29, 1.82) is 0 Å². The van der Waals surface area contributed by atoms with Gasteiger partial charge in [-0.1, -0.05) is 11.6 Å². The molecular formula is C14H12ClN5. The van der Waals surface area contributed by atoms with Crippen molar-refractivity contribution in [1.82, 2.24) is 20.2 Å². The van der Waals surface area contributed by atoms with Gasteiger partial charge in [-0.25, -0.2) is 9.97 Å². The highest BCUT2D eigenvalue weighted by Gasteiger charge is 2.20. The van der Waals surface area contributed by atoms with E-state index >= 15 is 0 Å². The largest absolute Gasteiger partial charge is 0.351 e. The van der Waals surface area contributed by atoms with Crippen LogP contribution in [0, 0.1) is 0 Å². The monoisotopic (exact) mass is 285 g/mol. The van der Waals surface area contributed by atoms with Gasteiger partial charge < -0.3 is 4.90 Å². The molecule has 3 aromatic rings. The molecule has 1 aliphatic heterocycles. The van der Waals surface area contributed by atoms with Gasteiger partial charge in [0.15, 0.2) is 0 Å². The molecule has 0 fully saturated rings. The summed E-state index contributed by atoms with van der Waals surface area (Å²) in [7, 11) is 0. The first-order valence-electron chi connectivity index (χ1n) is 6.47. The number of halogens is 1. The van der Waals surface area contributed by atoms with Crippen molar-refractivity contribution in [2.24, 2.45) is 0 Å². The molecule has 6 heteroatoms. The highest BCUT2D eigenvalue weighted by Crippen LogP contribution is 2.28. The fraction of sp³-hybridized carbons (Fsp3) is 0.214. The molecule has 5 nitrogen and oxygen atoms in total. The number of nitrogens with one attached hydrogen (secondary N) is 1. The molecule has 1 N–H and O–H groups in total. The third-order valence-corrected chi connectivity index (χ3v) is 3.91. The van der Waals surface area contributed by atoms with E-state index in [1.807, 2.05) is 24.4 Å². The number of fused-ring (bicyclic) bond motifs is 2. The van der Waals surface area contributed by atoms with Crippen LogP contribution < -0.4 is 4.90 Å². The van der Waals surface area contributed by atoms with Crippen LogP contribution in [0.25, 0.3) is 10.9 Å². The Balaban J connectivity index is 1.80. The number of benzene rings is 1. The summed E-state index contributed by atoms with van der Waals surface area (Å²) in [6, 6.07) is 5.73. The Labute approximate surface area is 120 Å². The van der Waals surface area contributed by atoms with Crippen molar-refractivity contribution >= 4 is 28.3 Å². The molecule has 4 rings (SSSR count). The van der Waals surface area contributed by atoms with E-state index in [4.69, 9.17) is 11.6 Å². The Kier molecular flexibility index (Phi) is 2.60. The number of hydrogen-bond donors (Lipinski definition) is 1. The quantitative estimate of drug-likeness (QED) is 0.746. The minimum atomic E-state index is 0.693. The molecule has 0 radical (unpaired) electrons. The first kappa shape index (κ1) is 11.7. The second kappa shape index (κ2) is 4.45. The molecule has 2 aromatic heterocycles. The van der Waals surface area contributed by atoms with Crippen LogP contribution in [0.1, 0.15) is 11.3 Å². The van der Waals surface area contributed by atoms with E-state index in [0.717, 1.165) is 36.2 Å². The Morgan fingerprint density at radius 3 is 3.15 bits per heavy atom. The molecule has 1 aliphatic rings. The van der Waals surface area contributed by atoms with E-state index < -0.39 is 0 Å². The van der Waals surface area contributed by atoms with Crippen molar-refractivity contribution in [3.05, 3.63) is 47.0 Å². The fourth-order valence-electron chi connectivity index (χ4n) is 2.67. The summed E-state index contributed by atoms with van der Waals surface area (Å²) in [5.74, 6) is 0.957. The van der Waals surface area contributed by atoms with Gasteiger partial charge in [-0.3, -0.25) is 5.10 Å². The number of anilines is 1. The fourth-order valence-corrected chi connectivity index (χ4v) is 2.84. The number of nitrogens with zero attached hydrogens (tertiary/aromatic N) is 4. The average Bonchev–Trinajstić information content (AvgIpc) is 2.93. The van der Waals surface area contributed by atoms with Gasteiger partial charge in [-0.2, -0.15) is 5.10 Å². The lowest BCUT2D eigenvalue weighted by molar-refractivity contribution is 0.712. The van der Waals surface area contributed by atoms with Crippen molar-refractivity contribution in [3.8, 4) is 0 Å². The number of hydrogen-bond acceptors (Lipinski definition) is 4. The maximum absolute atomic E-state index is 6.02. The van der Waals surface area contributed by atoms with Crippen LogP contribution in [-0.4, -0.2) is 26.7 Å². The molecule has 1 aromatic carbocycles. The van der Waals surface area contributed by atoms with E-state index in [0.29, 0.717) is 5.02 Å². The molecule has 0 spiro atoms. The zero-order valence-corrected chi connectivity index (χ0v) is 11.4. The Morgan fingerprint density at radius 2 is 2.20 bits per heavy atom. The van der Waals surface area contributed by atoms with E-state index in [9.17, 15) is 0 Å². The smallest absolute Gasteiger partial charge is 0.140 e. The highest BCUT2D eigenvalue weighted by atomic mass is 35.5. The summed E-state index contributed by atoms with van der Waals surface area (Å²) < 4.78 is 0. The molecule has 0 amide bonds. The Hall–Kier alpha value is -2.14. The van der Waals surface area contributed by atoms with Crippen LogP contribution in [0.15, 0.2) is 30.7 Å². The van der Waals surface area contributed by atoms with Gasteiger partial charge in [0.05, 0.1) is 11.7 Å². The third-order valence-electron chi connectivity index (χ3n) is 3.68. The number of aromatic nitrogens is 4. The molecule has 20 heavy (non-hydrogen) atoms. The summed E-state index contributed by atoms with van der Waals surface area (Å²) in [5.41, 5.74) is 3.33. The minimum Gasteiger partial charge on any atom is -0.351 e. The van der Waals surface area contributed by atoms with Gasteiger partial charge in [0.25, 0.3) is 0 Å². The predicted octanol–water partition coefficient (Wildman–Crippen LogP) is 2.57. The minimum absolute atomic E-state index is 0.693. The van der Waals surface area contributed by atoms with Crippen LogP contribution in [0.4, 0.5) is 5.82 Å². The average molecular weight is 286 g/mol. The molecule has 0 saturated carbocycles. The third kappa shape index (κ3) is 1.82. The molecule has 100 valence electrons. The highest BCUT2D eigenvalue weighted by molar-refractivity contribution is 6.31. The van der Waals surface area contributed by atoms with Crippen molar-refractivity contribution in [3.63, 3.8) is 0 Å². The maximum atomic E-state index is 6.02. The molecule has 0 bridgehead atoms. The van der Waals surface area contributed by atoms with Gasteiger partial charge in [-0.15, -0.1) is 0 Å². The summed E-state index contributed by atoms with van der Waals surface area (Å²) >= 11 is 6.02. The summed E-state index contributed by atoms with van der Waals surface area (Å²) in [6.45, 7) is 1.74. The van der Waals surface area contributed by atoms with E-state index in [1.54, 1.807) is 6.33 Å². The van der Waals surface area contributed by atoms with Crippen molar-refractivity contribution < 1.29 is 0 Å². The summed E-state index contributed by atoms with van der Waals surface area (Å²) in [4.78, 5) is 11.0. The zero-order valence-electron chi connectivity index (χ0n) is 10.7. The van der Waals surface area contributed by atoms with Gasteiger partial charge >= 0.3 is 0 Å². The molecule has 3 heterocycles. The van der Waals surface area contributed by atoms with Gasteiger partial charge in [-0.05, 0) is 18.2 Å². The van der Waals surface area contributed by atoms with Crippen LogP contribution in [-0.2, 0) is 13.0 Å². The van der Waals surface area contributed by atoms with E-state index in [2.05, 4.69) is 25.1 Å². The van der Waals surface area contributed by atoms with Crippen LogP contribution in [0.3, 0.4) is 0 Å². The van der Waals surface area contributed by atoms with Crippen LogP contribution >= 0.6 is 11.6 Å². The molecule has 0 atom stereocenters. The predicted molar refractivity (Wildman–Crippen MR) is 77.9 cm³/mol. The van der Waals surface area contributed by atoms with Gasteiger partial charge in [0.1, 0.15) is 12.1 Å².